The van der Waals surface area contributed by atoms with Gasteiger partial charge in [-0.3, -0.25) is 14.2 Å². The van der Waals surface area contributed by atoms with Crippen LogP contribution < -0.4 is 5.56 Å². The third-order valence-electron chi connectivity index (χ3n) is 4.80. The molecule has 27 heavy (non-hydrogen) atoms. The molecular formula is C21H18N2O3S. The number of carbonyl (C=O) groups is 1. The zero-order valence-electron chi connectivity index (χ0n) is 15.3. The van der Waals surface area contributed by atoms with Gasteiger partial charge in [-0.25, -0.2) is 4.98 Å². The van der Waals surface area contributed by atoms with Crippen LogP contribution in [0.15, 0.2) is 51.2 Å². The molecule has 0 aliphatic rings. The fourth-order valence-corrected chi connectivity index (χ4v) is 4.04. The number of hydrogen-bond acceptors (Lipinski definition) is 5. The average molecular weight is 378 g/mol. The van der Waals surface area contributed by atoms with Crippen LogP contribution in [0.25, 0.3) is 21.5 Å². The normalized spacial score (nSPS) is 11.2. The number of hydrogen-bond donors (Lipinski definition) is 0. The van der Waals surface area contributed by atoms with Crippen LogP contribution >= 0.6 is 11.3 Å². The molecule has 0 atom stereocenters. The third kappa shape index (κ3) is 3.02. The highest BCUT2D eigenvalue weighted by atomic mass is 32.1. The molecule has 4 rings (SSSR count). The second-order valence-corrected chi connectivity index (χ2v) is 7.44. The van der Waals surface area contributed by atoms with Gasteiger partial charge in [-0.15, -0.1) is 11.3 Å². The molecule has 3 heterocycles. The number of carbonyl (C=O) groups excluding carboxylic acids is 1. The lowest BCUT2D eigenvalue weighted by atomic mass is 10.0. The zero-order valence-corrected chi connectivity index (χ0v) is 16.1. The Morgan fingerprint density at radius 3 is 2.70 bits per heavy atom. The van der Waals surface area contributed by atoms with E-state index in [-0.39, 0.29) is 17.9 Å². The number of aryl methyl sites for hydroxylation is 3. The van der Waals surface area contributed by atoms with Crippen molar-refractivity contribution in [1.29, 1.82) is 0 Å². The van der Waals surface area contributed by atoms with E-state index >= 15 is 0 Å². The van der Waals surface area contributed by atoms with Gasteiger partial charge in [0.25, 0.3) is 5.56 Å². The number of furan rings is 1. The van der Waals surface area contributed by atoms with Gasteiger partial charge in [-0.2, -0.15) is 0 Å². The third-order valence-corrected chi connectivity index (χ3v) is 5.67. The maximum Gasteiger partial charge on any atom is 0.263 e. The molecule has 6 heteroatoms. The molecule has 0 aliphatic carbocycles. The van der Waals surface area contributed by atoms with Crippen molar-refractivity contribution < 1.29 is 9.21 Å². The van der Waals surface area contributed by atoms with Gasteiger partial charge in [-0.1, -0.05) is 12.1 Å². The molecule has 0 bridgehead atoms. The molecule has 0 radical (unpaired) electrons. The van der Waals surface area contributed by atoms with Crippen LogP contribution in [0.5, 0.6) is 0 Å². The van der Waals surface area contributed by atoms with Crippen LogP contribution in [0.4, 0.5) is 0 Å². The lowest BCUT2D eigenvalue weighted by molar-refractivity contribution is 0.0969. The van der Waals surface area contributed by atoms with E-state index in [1.165, 1.54) is 15.9 Å². The van der Waals surface area contributed by atoms with Gasteiger partial charge in [0.2, 0.25) is 0 Å². The summed E-state index contributed by atoms with van der Waals surface area (Å²) in [6, 6.07) is 9.18. The summed E-state index contributed by atoms with van der Waals surface area (Å²) in [7, 11) is 0. The molecular weight excluding hydrogens is 360 g/mol. The largest absolute Gasteiger partial charge is 0.464 e. The quantitative estimate of drug-likeness (QED) is 0.490. The highest BCUT2D eigenvalue weighted by Crippen LogP contribution is 2.31. The van der Waals surface area contributed by atoms with Crippen molar-refractivity contribution in [2.75, 3.05) is 0 Å². The van der Waals surface area contributed by atoms with Gasteiger partial charge in [0.1, 0.15) is 16.4 Å². The topological polar surface area (TPSA) is 65.1 Å². The van der Waals surface area contributed by atoms with Gasteiger partial charge in [0.15, 0.2) is 5.78 Å². The zero-order chi connectivity index (χ0) is 19.1. The highest BCUT2D eigenvalue weighted by Gasteiger charge is 2.18. The summed E-state index contributed by atoms with van der Waals surface area (Å²) in [5, 5.41) is 2.36. The van der Waals surface area contributed by atoms with Gasteiger partial charge >= 0.3 is 0 Å². The second kappa shape index (κ2) is 6.63. The first-order valence-corrected chi connectivity index (χ1v) is 9.46. The Morgan fingerprint density at radius 2 is 2.00 bits per heavy atom. The van der Waals surface area contributed by atoms with Crippen molar-refractivity contribution in [3.05, 3.63) is 74.8 Å². The lowest BCUT2D eigenvalue weighted by Gasteiger charge is -2.10. The molecule has 1 aromatic carbocycles. The van der Waals surface area contributed by atoms with Gasteiger partial charge in [0.05, 0.1) is 18.2 Å². The molecule has 0 saturated carbocycles. The number of aromatic nitrogens is 2. The van der Waals surface area contributed by atoms with E-state index in [4.69, 9.17) is 4.42 Å². The number of benzene rings is 1. The Bertz CT molecular complexity index is 1220. The minimum Gasteiger partial charge on any atom is -0.464 e. The van der Waals surface area contributed by atoms with E-state index in [1.54, 1.807) is 25.3 Å². The maximum absolute atomic E-state index is 13.2. The smallest absolute Gasteiger partial charge is 0.263 e. The van der Waals surface area contributed by atoms with E-state index in [0.29, 0.717) is 32.9 Å². The van der Waals surface area contributed by atoms with Gasteiger partial charge < -0.3 is 4.42 Å². The van der Waals surface area contributed by atoms with Crippen LogP contribution in [0, 0.1) is 20.8 Å². The Balaban J connectivity index is 1.79. The first kappa shape index (κ1) is 17.4. The fourth-order valence-electron chi connectivity index (χ4n) is 3.08. The van der Waals surface area contributed by atoms with E-state index in [9.17, 15) is 9.59 Å². The van der Waals surface area contributed by atoms with Crippen LogP contribution in [-0.2, 0) is 6.54 Å². The van der Waals surface area contributed by atoms with Crippen LogP contribution in [0.2, 0.25) is 0 Å². The molecule has 0 fully saturated rings. The number of Topliss-reactive ketones (excluding diaryl/α,β-unsaturated/α-hetero) is 1. The Hall–Kier alpha value is -2.99. The van der Waals surface area contributed by atoms with E-state index < -0.39 is 0 Å². The number of fused-ring (bicyclic) bond motifs is 1. The summed E-state index contributed by atoms with van der Waals surface area (Å²) in [5.41, 5.74) is 3.27. The average Bonchev–Trinajstić information content (AvgIpc) is 3.30. The molecule has 0 unspecified atom stereocenters. The fraction of sp³-hybridized carbons (Fsp3) is 0.190. The van der Waals surface area contributed by atoms with Gasteiger partial charge in [0, 0.05) is 16.5 Å². The summed E-state index contributed by atoms with van der Waals surface area (Å²) in [6.45, 7) is 5.69. The number of rotatable bonds is 4. The van der Waals surface area contributed by atoms with Crippen molar-refractivity contribution in [1.82, 2.24) is 9.55 Å². The monoisotopic (exact) mass is 378 g/mol. The van der Waals surface area contributed by atoms with Crippen LogP contribution in [-0.4, -0.2) is 15.3 Å². The molecule has 5 nitrogen and oxygen atoms in total. The second-order valence-electron chi connectivity index (χ2n) is 6.58. The van der Waals surface area contributed by atoms with E-state index in [1.807, 2.05) is 37.4 Å². The van der Waals surface area contributed by atoms with Crippen molar-refractivity contribution >= 4 is 27.3 Å². The van der Waals surface area contributed by atoms with Crippen molar-refractivity contribution in [2.45, 2.75) is 27.3 Å². The van der Waals surface area contributed by atoms with Crippen LogP contribution in [0.3, 0.4) is 0 Å². The molecule has 0 spiro atoms. The number of ketones is 1. The van der Waals surface area contributed by atoms with Crippen molar-refractivity contribution in [3.63, 3.8) is 0 Å². The SMILES string of the molecule is Cc1ccc(C(=O)Cn2c(C)nc3scc(-c4ccco4)c3c2=O)cc1C. The molecule has 136 valence electrons. The Morgan fingerprint density at radius 1 is 1.19 bits per heavy atom. The minimum absolute atomic E-state index is 0.0381. The first-order valence-electron chi connectivity index (χ1n) is 8.58. The minimum atomic E-state index is -0.220. The number of thiophene rings is 1. The Kier molecular flexibility index (Phi) is 4.28. The van der Waals surface area contributed by atoms with Crippen LogP contribution in [0.1, 0.15) is 27.3 Å². The Labute approximate surface area is 159 Å². The molecule has 0 aliphatic heterocycles. The van der Waals surface area contributed by atoms with E-state index in [0.717, 1.165) is 11.1 Å². The predicted octanol–water partition coefficient (Wildman–Crippen LogP) is 4.53. The summed E-state index contributed by atoms with van der Waals surface area (Å²) >= 11 is 1.40. The molecule has 3 aromatic heterocycles. The first-order chi connectivity index (χ1) is 13.0. The maximum atomic E-state index is 13.2. The summed E-state index contributed by atoms with van der Waals surface area (Å²) in [4.78, 5) is 31.1. The summed E-state index contributed by atoms with van der Waals surface area (Å²) < 4.78 is 6.89. The predicted molar refractivity (Wildman–Crippen MR) is 107 cm³/mol. The van der Waals surface area contributed by atoms with Crippen molar-refractivity contribution in [3.8, 4) is 11.3 Å². The molecule has 0 amide bonds. The lowest BCUT2D eigenvalue weighted by Crippen LogP contribution is -2.27. The molecule has 4 aromatic rings. The van der Waals surface area contributed by atoms with Crippen molar-refractivity contribution in [2.24, 2.45) is 0 Å². The summed E-state index contributed by atoms with van der Waals surface area (Å²) in [5.74, 6) is 1.03. The standard InChI is InChI=1S/C21H18N2O3S/c1-12-6-7-15(9-13(12)2)17(24)10-23-14(3)22-20-19(21(23)25)16(11-27-20)18-5-4-8-26-18/h4-9,11H,10H2,1-3H3. The number of nitrogens with zero attached hydrogens (tertiary/aromatic N) is 2. The molecule has 0 saturated heterocycles. The van der Waals surface area contributed by atoms with Gasteiger partial charge in [-0.05, 0) is 50.1 Å². The van der Waals surface area contributed by atoms with E-state index in [2.05, 4.69) is 4.98 Å². The highest BCUT2D eigenvalue weighted by molar-refractivity contribution is 7.17. The molecule has 0 N–H and O–H groups in total. The summed E-state index contributed by atoms with van der Waals surface area (Å²) in [6.07, 6.45) is 1.57.